The molecular formula is C30H45F2N3O4. The van der Waals surface area contributed by atoms with E-state index in [1.54, 1.807) is 24.0 Å². The fourth-order valence-corrected chi connectivity index (χ4v) is 5.34. The van der Waals surface area contributed by atoms with E-state index in [0.717, 1.165) is 25.3 Å². The molecule has 1 aromatic carbocycles. The summed E-state index contributed by atoms with van der Waals surface area (Å²) < 4.78 is 33.7. The first-order valence-electron chi connectivity index (χ1n) is 14.0. The summed E-state index contributed by atoms with van der Waals surface area (Å²) in [4.78, 5) is 28.6. The molecular weight excluding hydrogens is 504 g/mol. The maximum atomic E-state index is 14.1. The average Bonchev–Trinajstić information content (AvgIpc) is 2.87. The van der Waals surface area contributed by atoms with Crippen LogP contribution in [0.3, 0.4) is 0 Å². The predicted molar refractivity (Wildman–Crippen MR) is 149 cm³/mol. The molecule has 0 saturated heterocycles. The summed E-state index contributed by atoms with van der Waals surface area (Å²) in [6, 6.07) is 3.15. The van der Waals surface area contributed by atoms with Gasteiger partial charge in [0.05, 0.1) is 18.1 Å². The lowest BCUT2D eigenvalue weighted by Gasteiger charge is -2.42. The van der Waals surface area contributed by atoms with E-state index in [2.05, 4.69) is 5.32 Å². The highest BCUT2D eigenvalue weighted by Crippen LogP contribution is 2.44. The molecule has 9 heteroatoms. The van der Waals surface area contributed by atoms with Crippen LogP contribution in [0.15, 0.2) is 41.5 Å². The van der Waals surface area contributed by atoms with Crippen molar-refractivity contribution in [3.63, 3.8) is 0 Å². The van der Waals surface area contributed by atoms with Crippen molar-refractivity contribution in [2.75, 3.05) is 39.4 Å². The van der Waals surface area contributed by atoms with Crippen LogP contribution in [0.1, 0.15) is 58.9 Å². The Morgan fingerprint density at radius 1 is 1.10 bits per heavy atom. The number of amides is 2. The van der Waals surface area contributed by atoms with Gasteiger partial charge in [0.25, 0.3) is 0 Å². The zero-order valence-corrected chi connectivity index (χ0v) is 23.8. The number of rotatable bonds is 17. The van der Waals surface area contributed by atoms with E-state index in [1.807, 2.05) is 20.8 Å². The van der Waals surface area contributed by atoms with E-state index in [1.165, 1.54) is 12.1 Å². The Hall–Kier alpha value is -2.62. The summed E-state index contributed by atoms with van der Waals surface area (Å²) in [5, 5.41) is 14.6. The number of aliphatic hydroxyl groups is 1. The van der Waals surface area contributed by atoms with E-state index in [0.29, 0.717) is 44.0 Å². The third kappa shape index (κ3) is 9.22. The van der Waals surface area contributed by atoms with E-state index in [-0.39, 0.29) is 30.9 Å². The minimum Gasteiger partial charge on any atom is -0.391 e. The first-order chi connectivity index (χ1) is 18.6. The second-order valence-corrected chi connectivity index (χ2v) is 10.4. The Kier molecular flexibility index (Phi) is 13.2. The van der Waals surface area contributed by atoms with Crippen LogP contribution in [0.2, 0.25) is 0 Å². The number of carbonyl (C=O) groups is 2. The number of benzene rings is 1. The van der Waals surface area contributed by atoms with E-state index < -0.39 is 35.0 Å². The SMILES string of the molecule is CCCOCCNC[C@H](O)[C@@H](Cc1cc(F)cc(F)c1)C1(C(N)=O)C=C(C)C=C(C(=O)N(CCC)CCC)C1. The van der Waals surface area contributed by atoms with Crippen molar-refractivity contribution >= 4 is 11.8 Å². The Morgan fingerprint density at radius 3 is 2.31 bits per heavy atom. The lowest BCUT2D eigenvalue weighted by atomic mass is 9.63. The van der Waals surface area contributed by atoms with Crippen molar-refractivity contribution in [3.8, 4) is 0 Å². The monoisotopic (exact) mass is 549 g/mol. The van der Waals surface area contributed by atoms with Gasteiger partial charge in [0, 0.05) is 50.3 Å². The fraction of sp³-hybridized carbons (Fsp3) is 0.600. The van der Waals surface area contributed by atoms with Gasteiger partial charge in [-0.25, -0.2) is 8.78 Å². The second-order valence-electron chi connectivity index (χ2n) is 10.4. The number of aliphatic hydroxyl groups excluding tert-OH is 1. The Morgan fingerprint density at radius 2 is 1.74 bits per heavy atom. The Balaban J connectivity index is 2.45. The molecule has 39 heavy (non-hydrogen) atoms. The third-order valence-electron chi connectivity index (χ3n) is 7.01. The molecule has 0 spiro atoms. The number of halogens is 2. The van der Waals surface area contributed by atoms with Crippen molar-refractivity contribution in [1.29, 1.82) is 0 Å². The van der Waals surface area contributed by atoms with Gasteiger partial charge in [-0.05, 0) is 56.7 Å². The summed E-state index contributed by atoms with van der Waals surface area (Å²) in [5.74, 6) is -3.24. The van der Waals surface area contributed by atoms with Crippen molar-refractivity contribution < 1.29 is 28.2 Å². The van der Waals surface area contributed by atoms with Gasteiger partial charge in [-0.15, -0.1) is 0 Å². The van der Waals surface area contributed by atoms with Crippen LogP contribution >= 0.6 is 0 Å². The second kappa shape index (κ2) is 15.8. The van der Waals surface area contributed by atoms with Gasteiger partial charge in [-0.2, -0.15) is 0 Å². The van der Waals surface area contributed by atoms with E-state index in [4.69, 9.17) is 10.5 Å². The van der Waals surface area contributed by atoms with Gasteiger partial charge in [0.15, 0.2) is 0 Å². The predicted octanol–water partition coefficient (Wildman–Crippen LogP) is 3.90. The quantitative estimate of drug-likeness (QED) is 0.256. The van der Waals surface area contributed by atoms with Gasteiger partial charge >= 0.3 is 0 Å². The van der Waals surface area contributed by atoms with Crippen molar-refractivity contribution in [2.45, 2.75) is 65.9 Å². The number of allylic oxidation sites excluding steroid dienone is 2. The molecule has 1 unspecified atom stereocenters. The van der Waals surface area contributed by atoms with Crippen LogP contribution in [-0.2, 0) is 20.7 Å². The number of hydrogen-bond donors (Lipinski definition) is 3. The van der Waals surface area contributed by atoms with Crippen LogP contribution < -0.4 is 11.1 Å². The van der Waals surface area contributed by atoms with Crippen molar-refractivity contribution in [3.05, 3.63) is 58.7 Å². The smallest absolute Gasteiger partial charge is 0.249 e. The van der Waals surface area contributed by atoms with E-state index >= 15 is 0 Å². The lowest BCUT2D eigenvalue weighted by Crippen LogP contribution is -2.52. The number of ether oxygens (including phenoxy) is 1. The Bertz CT molecular complexity index is 1000. The number of hydrogen-bond acceptors (Lipinski definition) is 5. The number of carbonyl (C=O) groups excluding carboxylic acids is 2. The first-order valence-corrected chi connectivity index (χ1v) is 14.0. The van der Waals surface area contributed by atoms with Crippen molar-refractivity contribution in [1.82, 2.24) is 10.2 Å². The molecule has 0 heterocycles. The summed E-state index contributed by atoms with van der Waals surface area (Å²) in [6.07, 6.45) is 4.78. The topological polar surface area (TPSA) is 105 Å². The zero-order valence-electron chi connectivity index (χ0n) is 23.8. The molecule has 218 valence electrons. The van der Waals surface area contributed by atoms with Crippen LogP contribution in [0.5, 0.6) is 0 Å². The molecule has 1 aliphatic rings. The van der Waals surface area contributed by atoms with E-state index in [9.17, 15) is 23.5 Å². The maximum absolute atomic E-state index is 14.1. The maximum Gasteiger partial charge on any atom is 0.249 e. The summed E-state index contributed by atoms with van der Waals surface area (Å²) in [6.45, 7) is 10.6. The highest BCUT2D eigenvalue weighted by molar-refractivity contribution is 5.96. The molecule has 0 fully saturated rings. The van der Waals surface area contributed by atoms with Gasteiger partial charge in [0.1, 0.15) is 11.6 Å². The molecule has 0 radical (unpaired) electrons. The van der Waals surface area contributed by atoms with Crippen LogP contribution in [0.25, 0.3) is 0 Å². The Labute approximate surface area is 231 Å². The van der Waals surface area contributed by atoms with Gasteiger partial charge < -0.3 is 25.8 Å². The molecule has 3 atom stereocenters. The summed E-state index contributed by atoms with van der Waals surface area (Å²) in [7, 11) is 0. The van der Waals surface area contributed by atoms with Crippen LogP contribution in [-0.4, -0.2) is 67.3 Å². The standard InChI is InChI=1S/C30H45F2N3O4/c1-5-9-35(10-6-2)28(37)23-13-21(4)18-30(19-23,29(33)38)26(16-22-14-24(31)17-25(32)15-22)27(36)20-34-8-12-39-11-7-3/h13-15,17-18,26-27,34,36H,5-12,16,19-20H2,1-4H3,(H2,33,38)/t26-,27+,30?/m1/s1. The molecule has 0 aromatic heterocycles. The molecule has 1 aromatic rings. The molecule has 2 rings (SSSR count). The van der Waals surface area contributed by atoms with Crippen LogP contribution in [0, 0.1) is 23.0 Å². The lowest BCUT2D eigenvalue weighted by molar-refractivity contribution is -0.132. The number of nitrogens with zero attached hydrogens (tertiary/aromatic N) is 1. The molecule has 7 nitrogen and oxygen atoms in total. The molecule has 0 bridgehead atoms. The largest absolute Gasteiger partial charge is 0.391 e. The minimum atomic E-state index is -1.45. The molecule has 0 aliphatic heterocycles. The highest BCUT2D eigenvalue weighted by Gasteiger charge is 2.48. The third-order valence-corrected chi connectivity index (χ3v) is 7.01. The number of primary amides is 1. The number of nitrogens with two attached hydrogens (primary N) is 1. The summed E-state index contributed by atoms with van der Waals surface area (Å²) in [5.41, 5.74) is 5.98. The first kappa shape index (κ1) is 32.6. The highest BCUT2D eigenvalue weighted by atomic mass is 19.1. The number of nitrogens with one attached hydrogen (secondary N) is 1. The van der Waals surface area contributed by atoms with Crippen LogP contribution in [0.4, 0.5) is 8.78 Å². The van der Waals surface area contributed by atoms with Gasteiger partial charge in [0.2, 0.25) is 11.8 Å². The van der Waals surface area contributed by atoms with Gasteiger partial charge in [-0.3, -0.25) is 9.59 Å². The summed E-state index contributed by atoms with van der Waals surface area (Å²) >= 11 is 0. The fourth-order valence-electron chi connectivity index (χ4n) is 5.34. The molecule has 4 N–H and O–H groups in total. The van der Waals surface area contributed by atoms with Crippen molar-refractivity contribution in [2.24, 2.45) is 17.1 Å². The molecule has 2 amide bonds. The average molecular weight is 550 g/mol. The minimum absolute atomic E-state index is 0.0123. The molecule has 1 aliphatic carbocycles. The normalized spacial score (nSPS) is 18.7. The zero-order chi connectivity index (χ0) is 29.0. The van der Waals surface area contributed by atoms with Gasteiger partial charge in [-0.1, -0.05) is 38.5 Å². The molecule has 0 saturated carbocycles.